The molecule has 0 atom stereocenters. The number of nitrogens with zero attached hydrogens (tertiary/aromatic N) is 2. The summed E-state index contributed by atoms with van der Waals surface area (Å²) >= 11 is 0. The normalized spacial score (nSPS) is 14.9. The number of carbonyl (C=O) groups is 1. The van der Waals surface area contributed by atoms with E-state index in [0.717, 1.165) is 5.69 Å². The van der Waals surface area contributed by atoms with Crippen LogP contribution >= 0.6 is 0 Å². The molecule has 0 aromatic carbocycles. The van der Waals surface area contributed by atoms with Gasteiger partial charge in [-0.15, -0.1) is 0 Å². The van der Waals surface area contributed by atoms with Crippen LogP contribution in [0.15, 0.2) is 36.8 Å². The van der Waals surface area contributed by atoms with E-state index in [1.807, 2.05) is 6.07 Å². The second kappa shape index (κ2) is 2.20. The van der Waals surface area contributed by atoms with E-state index in [0.29, 0.717) is 0 Å². The summed E-state index contributed by atoms with van der Waals surface area (Å²) in [5.74, 6) is 0.0120. The molecule has 0 N–H and O–H groups in total. The fourth-order valence-corrected chi connectivity index (χ4v) is 0.919. The summed E-state index contributed by atoms with van der Waals surface area (Å²) in [7, 11) is 0. The Kier molecular flexibility index (Phi) is 1.22. The van der Waals surface area contributed by atoms with Crippen molar-refractivity contribution >= 4 is 11.6 Å². The van der Waals surface area contributed by atoms with Crippen molar-refractivity contribution < 1.29 is 4.79 Å². The van der Waals surface area contributed by atoms with Crippen LogP contribution in [0.25, 0.3) is 0 Å². The minimum absolute atomic E-state index is 0.0120. The lowest BCUT2D eigenvalue weighted by Gasteiger charge is -2.21. The number of aromatic nitrogens is 1. The first-order valence-electron chi connectivity index (χ1n) is 3.29. The molecule has 0 saturated carbocycles. The monoisotopic (exact) mass is 146 g/mol. The molecule has 0 bridgehead atoms. The molecule has 0 saturated heterocycles. The van der Waals surface area contributed by atoms with Crippen molar-refractivity contribution in [2.45, 2.75) is 0 Å². The molecule has 0 aliphatic carbocycles. The highest BCUT2D eigenvalue weighted by molar-refractivity contribution is 6.09. The van der Waals surface area contributed by atoms with Crippen LogP contribution in [-0.2, 0) is 4.79 Å². The zero-order chi connectivity index (χ0) is 7.68. The van der Waals surface area contributed by atoms with E-state index >= 15 is 0 Å². The van der Waals surface area contributed by atoms with Gasteiger partial charge in [-0.25, -0.2) is 0 Å². The zero-order valence-corrected chi connectivity index (χ0v) is 5.77. The third-order valence-corrected chi connectivity index (χ3v) is 1.53. The summed E-state index contributed by atoms with van der Waals surface area (Å²) in [6.45, 7) is 0. The summed E-state index contributed by atoms with van der Waals surface area (Å²) in [6.07, 6.45) is 6.57. The summed E-state index contributed by atoms with van der Waals surface area (Å²) in [6, 6.07) is 3.64. The highest BCUT2D eigenvalue weighted by Crippen LogP contribution is 2.17. The Morgan fingerprint density at radius 2 is 2.36 bits per heavy atom. The van der Waals surface area contributed by atoms with E-state index < -0.39 is 0 Å². The molecule has 0 unspecified atom stereocenters. The molecule has 0 radical (unpaired) electrons. The zero-order valence-electron chi connectivity index (χ0n) is 5.77. The van der Waals surface area contributed by atoms with Gasteiger partial charge in [0.05, 0.1) is 11.9 Å². The van der Waals surface area contributed by atoms with Gasteiger partial charge in [0.15, 0.2) is 0 Å². The third-order valence-electron chi connectivity index (χ3n) is 1.53. The van der Waals surface area contributed by atoms with E-state index in [1.54, 1.807) is 29.6 Å². The quantitative estimate of drug-likeness (QED) is 0.590. The largest absolute Gasteiger partial charge is 0.283 e. The first kappa shape index (κ1) is 6.09. The van der Waals surface area contributed by atoms with E-state index in [1.165, 1.54) is 6.08 Å². The van der Waals surface area contributed by atoms with Crippen molar-refractivity contribution in [3.05, 3.63) is 36.8 Å². The van der Waals surface area contributed by atoms with Gasteiger partial charge in [-0.1, -0.05) is 0 Å². The lowest BCUT2D eigenvalue weighted by Crippen LogP contribution is -2.30. The van der Waals surface area contributed by atoms with Gasteiger partial charge in [-0.2, -0.15) is 0 Å². The fraction of sp³-hybridized carbons (Fsp3) is 0. The van der Waals surface area contributed by atoms with Gasteiger partial charge < -0.3 is 0 Å². The number of hydrogen-bond acceptors (Lipinski definition) is 2. The summed E-state index contributed by atoms with van der Waals surface area (Å²) < 4.78 is 0. The van der Waals surface area contributed by atoms with Gasteiger partial charge >= 0.3 is 0 Å². The first-order valence-corrected chi connectivity index (χ1v) is 3.29. The average Bonchev–Trinajstić information content (AvgIpc) is 2.04. The molecule has 1 aliphatic heterocycles. The number of rotatable bonds is 1. The Morgan fingerprint density at radius 3 is 2.82 bits per heavy atom. The predicted octanol–water partition coefficient (Wildman–Crippen LogP) is 0.942. The first-order chi connectivity index (χ1) is 5.38. The van der Waals surface area contributed by atoms with Gasteiger partial charge in [0.1, 0.15) is 0 Å². The Morgan fingerprint density at radius 1 is 1.45 bits per heavy atom. The third kappa shape index (κ3) is 0.902. The maximum absolute atomic E-state index is 10.8. The molecule has 0 fully saturated rings. The van der Waals surface area contributed by atoms with Gasteiger partial charge in [-0.05, 0) is 12.1 Å². The number of anilines is 1. The fourth-order valence-electron chi connectivity index (χ4n) is 0.919. The van der Waals surface area contributed by atoms with Crippen LogP contribution in [0.3, 0.4) is 0 Å². The lowest BCUT2D eigenvalue weighted by molar-refractivity contribution is -0.114. The average molecular weight is 146 g/mol. The van der Waals surface area contributed by atoms with Crippen LogP contribution in [0.5, 0.6) is 0 Å². The van der Waals surface area contributed by atoms with Crippen LogP contribution in [0.1, 0.15) is 0 Å². The highest BCUT2D eigenvalue weighted by Gasteiger charge is 2.17. The molecule has 1 aromatic rings. The molecule has 1 amide bonds. The molecule has 1 aromatic heterocycles. The number of carbonyl (C=O) groups excluding carboxylic acids is 1. The van der Waals surface area contributed by atoms with Gasteiger partial charge in [0.2, 0.25) is 0 Å². The second-order valence-corrected chi connectivity index (χ2v) is 2.24. The summed E-state index contributed by atoms with van der Waals surface area (Å²) in [5.41, 5.74) is 0.819. The maximum Gasteiger partial charge on any atom is 0.256 e. The number of amides is 1. The lowest BCUT2D eigenvalue weighted by atomic mass is 10.3. The topological polar surface area (TPSA) is 33.2 Å². The van der Waals surface area contributed by atoms with E-state index in [9.17, 15) is 4.79 Å². The van der Waals surface area contributed by atoms with Crippen molar-refractivity contribution in [3.63, 3.8) is 0 Å². The van der Waals surface area contributed by atoms with E-state index in [2.05, 4.69) is 4.98 Å². The Bertz CT molecular complexity index is 305. The molecule has 3 nitrogen and oxygen atoms in total. The summed E-state index contributed by atoms with van der Waals surface area (Å²) in [5, 5.41) is 0. The van der Waals surface area contributed by atoms with Gasteiger partial charge in [0.25, 0.3) is 5.91 Å². The molecule has 3 heteroatoms. The second-order valence-electron chi connectivity index (χ2n) is 2.24. The van der Waals surface area contributed by atoms with Crippen LogP contribution in [0.2, 0.25) is 0 Å². The molecular formula is C8H6N2O. The Hall–Kier alpha value is -1.64. The minimum Gasteiger partial charge on any atom is -0.283 e. The van der Waals surface area contributed by atoms with Crippen LogP contribution in [-0.4, -0.2) is 10.9 Å². The van der Waals surface area contributed by atoms with Crippen LogP contribution in [0.4, 0.5) is 5.69 Å². The van der Waals surface area contributed by atoms with E-state index in [4.69, 9.17) is 0 Å². The minimum atomic E-state index is 0.0120. The van der Waals surface area contributed by atoms with Gasteiger partial charge in [0, 0.05) is 18.5 Å². The standard InChI is InChI=1S/C8H6N2O/c11-8-3-5-10(8)7-2-1-4-9-6-7/h1-6H. The maximum atomic E-state index is 10.8. The molecule has 54 valence electrons. The van der Waals surface area contributed by atoms with Crippen molar-refractivity contribution in [2.24, 2.45) is 0 Å². The SMILES string of the molecule is O=C1C=CN1c1cccnc1. The Balaban J connectivity index is 2.32. The molecule has 2 heterocycles. The smallest absolute Gasteiger partial charge is 0.256 e. The van der Waals surface area contributed by atoms with Crippen molar-refractivity contribution in [3.8, 4) is 0 Å². The van der Waals surface area contributed by atoms with Crippen molar-refractivity contribution in [1.29, 1.82) is 0 Å². The van der Waals surface area contributed by atoms with Crippen molar-refractivity contribution in [2.75, 3.05) is 4.90 Å². The molecule has 0 spiro atoms. The number of hydrogen-bond donors (Lipinski definition) is 0. The highest BCUT2D eigenvalue weighted by atomic mass is 16.2. The molecule has 11 heavy (non-hydrogen) atoms. The molecule has 2 rings (SSSR count). The van der Waals surface area contributed by atoms with Gasteiger partial charge in [-0.3, -0.25) is 14.7 Å². The number of pyridine rings is 1. The summed E-state index contributed by atoms with van der Waals surface area (Å²) in [4.78, 5) is 16.3. The van der Waals surface area contributed by atoms with Crippen LogP contribution in [0, 0.1) is 0 Å². The molecular weight excluding hydrogens is 140 g/mol. The Labute approximate surface area is 64.0 Å². The predicted molar refractivity (Wildman–Crippen MR) is 40.9 cm³/mol. The molecule has 1 aliphatic rings. The van der Waals surface area contributed by atoms with Crippen molar-refractivity contribution in [1.82, 2.24) is 4.98 Å². The van der Waals surface area contributed by atoms with Crippen LogP contribution < -0.4 is 4.90 Å². The van der Waals surface area contributed by atoms with E-state index in [-0.39, 0.29) is 5.91 Å².